The van der Waals surface area contributed by atoms with E-state index in [1.54, 1.807) is 0 Å². The summed E-state index contributed by atoms with van der Waals surface area (Å²) >= 11 is 1.31. The second-order valence-electron chi connectivity index (χ2n) is 3.59. The molecule has 0 saturated heterocycles. The van der Waals surface area contributed by atoms with Crippen molar-refractivity contribution in [2.45, 2.75) is 52.1 Å². The van der Waals surface area contributed by atoms with Crippen LogP contribution in [0.5, 0.6) is 0 Å². The Morgan fingerprint density at radius 2 is 2.14 bits per heavy atom. The number of hydrogen-bond donors (Lipinski definition) is 1. The Morgan fingerprint density at radius 1 is 1.36 bits per heavy atom. The van der Waals surface area contributed by atoms with Gasteiger partial charge in [-0.25, -0.2) is 0 Å². The fourth-order valence-corrected chi connectivity index (χ4v) is 2.10. The Hall–Kier alpha value is -0.480. The predicted molar refractivity (Wildman–Crippen MR) is 58.4 cm³/mol. The van der Waals surface area contributed by atoms with E-state index in [0.717, 1.165) is 23.4 Å². The molecule has 1 atom stereocenters. The zero-order valence-corrected chi connectivity index (χ0v) is 9.68. The molecule has 4 heteroatoms. The van der Waals surface area contributed by atoms with Crippen molar-refractivity contribution in [3.05, 3.63) is 10.6 Å². The number of unbranched alkanes of at least 4 members (excludes halogenated alkanes) is 3. The third-order valence-corrected chi connectivity index (χ3v) is 3.25. The van der Waals surface area contributed by atoms with Crippen molar-refractivity contribution in [1.29, 1.82) is 0 Å². The number of hydrogen-bond acceptors (Lipinski definition) is 4. The lowest BCUT2D eigenvalue weighted by molar-refractivity contribution is 0.166. The Kier molecular flexibility index (Phi) is 5.04. The van der Waals surface area contributed by atoms with Gasteiger partial charge in [-0.3, -0.25) is 0 Å². The van der Waals surface area contributed by atoms with E-state index >= 15 is 0 Å². The molecule has 0 amide bonds. The molecular weight excluding hydrogens is 196 g/mol. The number of aliphatic hydroxyl groups is 1. The van der Waals surface area contributed by atoms with Crippen LogP contribution in [0, 0.1) is 6.92 Å². The van der Waals surface area contributed by atoms with Crippen molar-refractivity contribution < 1.29 is 5.11 Å². The maximum atomic E-state index is 9.82. The summed E-state index contributed by atoms with van der Waals surface area (Å²) in [7, 11) is 0. The lowest BCUT2D eigenvalue weighted by Crippen LogP contribution is -1.96. The standard InChI is InChI=1S/C10H18N2OS/c1-3-4-5-6-7-9(13)10-8(2)11-12-14-10/h9,13H,3-7H2,1-2H3. The fourth-order valence-electron chi connectivity index (χ4n) is 1.44. The molecule has 1 unspecified atom stereocenters. The number of aryl methyl sites for hydroxylation is 1. The van der Waals surface area contributed by atoms with Crippen LogP contribution in [0.15, 0.2) is 0 Å². The van der Waals surface area contributed by atoms with Crippen molar-refractivity contribution in [3.63, 3.8) is 0 Å². The van der Waals surface area contributed by atoms with Gasteiger partial charge < -0.3 is 5.11 Å². The molecule has 1 N–H and O–H groups in total. The van der Waals surface area contributed by atoms with Crippen LogP contribution in [0.1, 0.15) is 55.7 Å². The van der Waals surface area contributed by atoms with Gasteiger partial charge in [-0.15, -0.1) is 5.10 Å². The molecule has 1 heterocycles. The zero-order chi connectivity index (χ0) is 10.4. The van der Waals surface area contributed by atoms with Gasteiger partial charge in [0.25, 0.3) is 0 Å². The van der Waals surface area contributed by atoms with Gasteiger partial charge in [-0.1, -0.05) is 37.1 Å². The van der Waals surface area contributed by atoms with Crippen LogP contribution in [0.4, 0.5) is 0 Å². The van der Waals surface area contributed by atoms with Gasteiger partial charge >= 0.3 is 0 Å². The molecular formula is C10H18N2OS. The molecule has 0 aliphatic rings. The Balaban J connectivity index is 2.28. The van der Waals surface area contributed by atoms with E-state index < -0.39 is 0 Å². The second-order valence-corrected chi connectivity index (χ2v) is 4.37. The average molecular weight is 214 g/mol. The fraction of sp³-hybridized carbons (Fsp3) is 0.800. The lowest BCUT2D eigenvalue weighted by atomic mass is 10.1. The average Bonchev–Trinajstić information content (AvgIpc) is 2.59. The van der Waals surface area contributed by atoms with E-state index in [4.69, 9.17) is 0 Å². The molecule has 14 heavy (non-hydrogen) atoms. The highest BCUT2D eigenvalue weighted by atomic mass is 32.1. The normalized spacial score (nSPS) is 13.1. The SMILES string of the molecule is CCCCCCC(O)c1snnc1C. The van der Waals surface area contributed by atoms with E-state index in [0.29, 0.717) is 0 Å². The minimum atomic E-state index is -0.355. The molecule has 3 nitrogen and oxygen atoms in total. The van der Waals surface area contributed by atoms with Crippen molar-refractivity contribution >= 4 is 11.5 Å². The van der Waals surface area contributed by atoms with E-state index in [1.165, 1.54) is 30.8 Å². The molecule has 0 bridgehead atoms. The maximum absolute atomic E-state index is 9.82. The smallest absolute Gasteiger partial charge is 0.0917 e. The molecule has 1 rings (SSSR count). The summed E-state index contributed by atoms with van der Waals surface area (Å²) in [6, 6.07) is 0. The number of aliphatic hydroxyl groups excluding tert-OH is 1. The zero-order valence-electron chi connectivity index (χ0n) is 8.86. The first-order valence-electron chi connectivity index (χ1n) is 5.22. The topological polar surface area (TPSA) is 46.0 Å². The largest absolute Gasteiger partial charge is 0.387 e. The summed E-state index contributed by atoms with van der Waals surface area (Å²) in [6.45, 7) is 4.09. The van der Waals surface area contributed by atoms with Crippen LogP contribution in [-0.2, 0) is 0 Å². The number of rotatable bonds is 6. The third kappa shape index (κ3) is 3.35. The summed E-state index contributed by atoms with van der Waals surface area (Å²) in [5.74, 6) is 0. The van der Waals surface area contributed by atoms with Crippen LogP contribution < -0.4 is 0 Å². The quantitative estimate of drug-likeness (QED) is 0.741. The highest BCUT2D eigenvalue weighted by Crippen LogP contribution is 2.24. The predicted octanol–water partition coefficient (Wildman–Crippen LogP) is 2.85. The van der Waals surface area contributed by atoms with E-state index in [9.17, 15) is 5.11 Å². The number of aromatic nitrogens is 2. The third-order valence-electron chi connectivity index (χ3n) is 2.32. The second kappa shape index (κ2) is 6.09. The van der Waals surface area contributed by atoms with Gasteiger partial charge in [0.1, 0.15) is 0 Å². The molecule has 80 valence electrons. The highest BCUT2D eigenvalue weighted by molar-refractivity contribution is 7.05. The summed E-state index contributed by atoms with van der Waals surface area (Å²) in [5.41, 5.74) is 0.873. The van der Waals surface area contributed by atoms with Gasteiger partial charge in [0.15, 0.2) is 0 Å². The van der Waals surface area contributed by atoms with Gasteiger partial charge in [0.05, 0.1) is 16.7 Å². The molecule has 0 aromatic carbocycles. The Labute approximate surface area is 89.3 Å². The highest BCUT2D eigenvalue weighted by Gasteiger charge is 2.13. The molecule has 1 aromatic rings. The van der Waals surface area contributed by atoms with Crippen molar-refractivity contribution in [1.82, 2.24) is 9.59 Å². The Morgan fingerprint density at radius 3 is 2.71 bits per heavy atom. The van der Waals surface area contributed by atoms with Crippen LogP contribution in [0.25, 0.3) is 0 Å². The van der Waals surface area contributed by atoms with Gasteiger partial charge in [-0.05, 0) is 24.9 Å². The summed E-state index contributed by atoms with van der Waals surface area (Å²) in [5, 5.41) is 13.7. The molecule has 0 fully saturated rings. The first kappa shape index (κ1) is 11.6. The van der Waals surface area contributed by atoms with Crippen molar-refractivity contribution in [2.24, 2.45) is 0 Å². The van der Waals surface area contributed by atoms with E-state index in [2.05, 4.69) is 16.5 Å². The lowest BCUT2D eigenvalue weighted by Gasteiger charge is -2.07. The van der Waals surface area contributed by atoms with Gasteiger partial charge in [0.2, 0.25) is 0 Å². The summed E-state index contributed by atoms with van der Waals surface area (Å²) < 4.78 is 3.82. The minimum Gasteiger partial charge on any atom is -0.387 e. The molecule has 0 radical (unpaired) electrons. The Bertz CT molecular complexity index is 262. The first-order valence-corrected chi connectivity index (χ1v) is 6.00. The van der Waals surface area contributed by atoms with Crippen LogP contribution >= 0.6 is 11.5 Å². The van der Waals surface area contributed by atoms with Crippen LogP contribution in [-0.4, -0.2) is 14.7 Å². The van der Waals surface area contributed by atoms with Gasteiger partial charge in [-0.2, -0.15) is 0 Å². The summed E-state index contributed by atoms with van der Waals surface area (Å²) in [6.07, 6.45) is 5.27. The molecule has 1 aromatic heterocycles. The maximum Gasteiger partial charge on any atom is 0.0917 e. The molecule has 0 aliphatic heterocycles. The molecule has 0 spiro atoms. The van der Waals surface area contributed by atoms with Gasteiger partial charge in [0, 0.05) is 0 Å². The molecule has 0 aliphatic carbocycles. The number of nitrogens with zero attached hydrogens (tertiary/aromatic N) is 2. The van der Waals surface area contributed by atoms with Crippen molar-refractivity contribution in [2.75, 3.05) is 0 Å². The first-order chi connectivity index (χ1) is 6.75. The van der Waals surface area contributed by atoms with Crippen LogP contribution in [0.2, 0.25) is 0 Å². The molecule has 0 saturated carbocycles. The minimum absolute atomic E-state index is 0.355. The van der Waals surface area contributed by atoms with Crippen LogP contribution in [0.3, 0.4) is 0 Å². The monoisotopic (exact) mass is 214 g/mol. The summed E-state index contributed by atoms with van der Waals surface area (Å²) in [4.78, 5) is 0.932. The van der Waals surface area contributed by atoms with E-state index in [-0.39, 0.29) is 6.10 Å². The van der Waals surface area contributed by atoms with Crippen molar-refractivity contribution in [3.8, 4) is 0 Å². The van der Waals surface area contributed by atoms with E-state index in [1.807, 2.05) is 6.92 Å².